The maximum Gasteiger partial charge on any atom is 0.164 e. The summed E-state index contributed by atoms with van der Waals surface area (Å²) in [5.41, 5.74) is 12.4. The van der Waals surface area contributed by atoms with Gasteiger partial charge in [-0.05, 0) is 63.2 Å². The molecular formula is C51H35N3O. The highest BCUT2D eigenvalue weighted by atomic mass is 16.5. The summed E-state index contributed by atoms with van der Waals surface area (Å²) in [5, 5.41) is 0. The van der Waals surface area contributed by atoms with E-state index in [1.165, 1.54) is 38.9 Å². The lowest BCUT2D eigenvalue weighted by Crippen LogP contribution is -2.12. The van der Waals surface area contributed by atoms with Crippen LogP contribution in [0, 0.1) is 0 Å². The highest BCUT2D eigenvalue weighted by molar-refractivity contribution is 5.92. The first kappa shape index (κ1) is 32.5. The molecule has 2 unspecified atom stereocenters. The summed E-state index contributed by atoms with van der Waals surface area (Å²) in [4.78, 5) is 14.9. The fraction of sp³-hybridized carbons (Fsp3) is 0.0392. The zero-order valence-electron chi connectivity index (χ0n) is 30.0. The Hall–Kier alpha value is -7.17. The summed E-state index contributed by atoms with van der Waals surface area (Å²) in [6.07, 6.45) is 6.52. The average Bonchev–Trinajstić information content (AvgIpc) is 3.65. The second-order valence-electron chi connectivity index (χ2n) is 13.9. The molecule has 10 rings (SSSR count). The van der Waals surface area contributed by atoms with E-state index >= 15 is 0 Å². The van der Waals surface area contributed by atoms with Crippen LogP contribution in [-0.4, -0.2) is 15.0 Å². The molecule has 0 amide bonds. The molecule has 0 N–H and O–H groups in total. The van der Waals surface area contributed by atoms with E-state index in [1.54, 1.807) is 0 Å². The molecule has 1 aliphatic carbocycles. The van der Waals surface area contributed by atoms with Gasteiger partial charge in [0.2, 0.25) is 0 Å². The average molecular weight is 706 g/mol. The monoisotopic (exact) mass is 705 g/mol. The number of allylic oxidation sites excluding steroid dienone is 4. The van der Waals surface area contributed by atoms with Gasteiger partial charge in [-0.2, -0.15) is 0 Å². The summed E-state index contributed by atoms with van der Waals surface area (Å²) in [7, 11) is 0. The lowest BCUT2D eigenvalue weighted by Gasteiger charge is -2.24. The minimum atomic E-state index is 0.0251. The number of ether oxygens (including phenoxy) is 1. The van der Waals surface area contributed by atoms with Crippen LogP contribution in [0.25, 0.3) is 67.5 Å². The third kappa shape index (κ3) is 6.14. The molecule has 55 heavy (non-hydrogen) atoms. The van der Waals surface area contributed by atoms with E-state index in [4.69, 9.17) is 19.7 Å². The second kappa shape index (κ2) is 14.0. The summed E-state index contributed by atoms with van der Waals surface area (Å²) < 4.78 is 6.57. The molecule has 0 radical (unpaired) electrons. The highest BCUT2D eigenvalue weighted by Gasteiger charge is 2.37. The van der Waals surface area contributed by atoms with Crippen LogP contribution in [-0.2, 0) is 0 Å². The highest BCUT2D eigenvalue weighted by Crippen LogP contribution is 2.52. The number of hydrogen-bond donors (Lipinski definition) is 0. The van der Waals surface area contributed by atoms with Gasteiger partial charge >= 0.3 is 0 Å². The number of nitrogens with zero attached hydrogens (tertiary/aromatic N) is 3. The Kier molecular flexibility index (Phi) is 8.27. The van der Waals surface area contributed by atoms with Gasteiger partial charge in [-0.1, -0.05) is 176 Å². The molecule has 8 aromatic rings. The first-order chi connectivity index (χ1) is 27.3. The first-order valence-corrected chi connectivity index (χ1v) is 18.7. The van der Waals surface area contributed by atoms with Crippen LogP contribution >= 0.6 is 0 Å². The van der Waals surface area contributed by atoms with Gasteiger partial charge < -0.3 is 4.74 Å². The van der Waals surface area contributed by atoms with Crippen molar-refractivity contribution in [3.8, 4) is 73.3 Å². The molecule has 260 valence electrons. The van der Waals surface area contributed by atoms with Crippen molar-refractivity contribution in [3.05, 3.63) is 217 Å². The quantitative estimate of drug-likeness (QED) is 0.166. The standard InChI is InChI=1S/C51H35N3O/c1-4-16-34(17-5-1)40-24-10-12-26-43(40)44-27-13-11-25-41(44)38-30-31-46-45(33-38)48-42(28-15-29-47(48)55-46)37-22-14-23-39(32-37)51-53-49(35-18-6-2-7-19-35)52-50(54-51)36-20-8-3-9-21-36/h1-33,42,48H. The maximum absolute atomic E-state index is 6.57. The van der Waals surface area contributed by atoms with Gasteiger partial charge in [-0.25, -0.2) is 15.0 Å². The van der Waals surface area contributed by atoms with Crippen LogP contribution in [0.15, 0.2) is 206 Å². The molecule has 1 aliphatic heterocycles. The van der Waals surface area contributed by atoms with Gasteiger partial charge in [0.1, 0.15) is 11.5 Å². The summed E-state index contributed by atoms with van der Waals surface area (Å²) in [5.74, 6) is 3.88. The van der Waals surface area contributed by atoms with Crippen molar-refractivity contribution in [3.63, 3.8) is 0 Å². The Bertz CT molecular complexity index is 2680. The lowest BCUT2D eigenvalue weighted by atomic mass is 9.77. The molecule has 7 aromatic carbocycles. The Morgan fingerprint density at radius 1 is 0.400 bits per heavy atom. The van der Waals surface area contributed by atoms with Gasteiger partial charge in [0.05, 0.1) is 5.92 Å². The summed E-state index contributed by atoms with van der Waals surface area (Å²) >= 11 is 0. The SMILES string of the molecule is C1=CC(c2cccc(-c3nc(-c4ccccc4)nc(-c4ccccc4)n3)c2)C2C(=C1)Oc1ccc(-c3ccccc3-c3ccccc3-c3ccccc3)cc12. The third-order valence-corrected chi connectivity index (χ3v) is 10.6. The predicted molar refractivity (Wildman–Crippen MR) is 222 cm³/mol. The van der Waals surface area contributed by atoms with Gasteiger partial charge in [0, 0.05) is 28.2 Å². The van der Waals surface area contributed by atoms with Crippen molar-refractivity contribution >= 4 is 0 Å². The first-order valence-electron chi connectivity index (χ1n) is 18.7. The summed E-state index contributed by atoms with van der Waals surface area (Å²) in [6, 6.07) is 63.5. The lowest BCUT2D eigenvalue weighted by molar-refractivity contribution is 0.416. The van der Waals surface area contributed by atoms with Crippen molar-refractivity contribution in [2.24, 2.45) is 0 Å². The van der Waals surface area contributed by atoms with Crippen molar-refractivity contribution in [2.75, 3.05) is 0 Å². The molecular weight excluding hydrogens is 671 g/mol. The molecule has 1 aromatic heterocycles. The number of aromatic nitrogens is 3. The summed E-state index contributed by atoms with van der Waals surface area (Å²) in [6.45, 7) is 0. The fourth-order valence-electron chi connectivity index (χ4n) is 7.97. The number of hydrogen-bond acceptors (Lipinski definition) is 4. The van der Waals surface area contributed by atoms with Crippen molar-refractivity contribution < 1.29 is 4.74 Å². The molecule has 4 heteroatoms. The number of rotatable bonds is 7. The van der Waals surface area contributed by atoms with Crippen molar-refractivity contribution in [1.29, 1.82) is 0 Å². The minimum absolute atomic E-state index is 0.0251. The smallest absolute Gasteiger partial charge is 0.164 e. The van der Waals surface area contributed by atoms with Crippen LogP contribution in [0.3, 0.4) is 0 Å². The van der Waals surface area contributed by atoms with E-state index in [1.807, 2.05) is 60.7 Å². The van der Waals surface area contributed by atoms with Gasteiger partial charge in [-0.15, -0.1) is 0 Å². The van der Waals surface area contributed by atoms with E-state index in [0.29, 0.717) is 17.5 Å². The molecule has 0 bridgehead atoms. The normalized spacial score (nSPS) is 15.5. The van der Waals surface area contributed by atoms with E-state index in [9.17, 15) is 0 Å². The van der Waals surface area contributed by atoms with E-state index < -0.39 is 0 Å². The van der Waals surface area contributed by atoms with Gasteiger partial charge in [0.15, 0.2) is 17.5 Å². The molecule has 4 nitrogen and oxygen atoms in total. The van der Waals surface area contributed by atoms with Crippen molar-refractivity contribution in [1.82, 2.24) is 15.0 Å². The Morgan fingerprint density at radius 3 is 1.53 bits per heavy atom. The topological polar surface area (TPSA) is 47.9 Å². The molecule has 0 fully saturated rings. The molecule has 2 aliphatic rings. The van der Waals surface area contributed by atoms with E-state index in [2.05, 4.69) is 140 Å². The number of benzene rings is 7. The van der Waals surface area contributed by atoms with Crippen LogP contribution in [0.2, 0.25) is 0 Å². The van der Waals surface area contributed by atoms with Gasteiger partial charge in [-0.3, -0.25) is 0 Å². The maximum atomic E-state index is 6.57. The molecule has 2 atom stereocenters. The van der Waals surface area contributed by atoms with E-state index in [-0.39, 0.29) is 11.8 Å². The van der Waals surface area contributed by atoms with Crippen LogP contribution in [0.1, 0.15) is 23.0 Å². The Labute approximate surface area is 320 Å². The molecule has 2 heterocycles. The molecule has 0 saturated heterocycles. The van der Waals surface area contributed by atoms with Crippen LogP contribution in [0.4, 0.5) is 0 Å². The Balaban J connectivity index is 1.04. The van der Waals surface area contributed by atoms with Crippen molar-refractivity contribution in [2.45, 2.75) is 11.8 Å². The predicted octanol–water partition coefficient (Wildman–Crippen LogP) is 12.6. The minimum Gasteiger partial charge on any atom is -0.461 e. The molecule has 0 saturated carbocycles. The van der Waals surface area contributed by atoms with Crippen LogP contribution in [0.5, 0.6) is 5.75 Å². The fourth-order valence-corrected chi connectivity index (χ4v) is 7.97. The zero-order valence-corrected chi connectivity index (χ0v) is 30.0. The Morgan fingerprint density at radius 2 is 0.909 bits per heavy atom. The largest absolute Gasteiger partial charge is 0.461 e. The zero-order chi connectivity index (χ0) is 36.6. The van der Waals surface area contributed by atoms with E-state index in [0.717, 1.165) is 33.8 Å². The second-order valence-corrected chi connectivity index (χ2v) is 13.9. The van der Waals surface area contributed by atoms with Gasteiger partial charge in [0.25, 0.3) is 0 Å². The number of fused-ring (bicyclic) bond motifs is 3. The van der Waals surface area contributed by atoms with Crippen LogP contribution < -0.4 is 4.74 Å². The third-order valence-electron chi connectivity index (χ3n) is 10.6. The molecule has 0 spiro atoms.